The number of hydrogen-bond donors (Lipinski definition) is 2. The summed E-state index contributed by atoms with van der Waals surface area (Å²) in [6.07, 6.45) is 0. The predicted octanol–water partition coefficient (Wildman–Crippen LogP) is 1.71. The Morgan fingerprint density at radius 2 is 1.71 bits per heavy atom. The molecule has 0 aromatic rings. The standard InChI is InChI=1S/C2H6N2.2HI.V/c1-2(3)4;;;/h1H3,(H3,3,4);2*1H;/q;;;+2/p-2. The summed E-state index contributed by atoms with van der Waals surface area (Å²) in [4.78, 5) is 0. The summed E-state index contributed by atoms with van der Waals surface area (Å²) in [5.41, 5.74) is 4.69. The molecule has 0 aliphatic rings. The van der Waals surface area contributed by atoms with Crippen LogP contribution in [-0.4, -0.2) is 5.84 Å². The minimum atomic E-state index is 0.167. The van der Waals surface area contributed by atoms with E-state index in [1.165, 1.54) is 6.92 Å². The van der Waals surface area contributed by atoms with E-state index in [0.717, 1.165) is 0 Å². The normalized spacial score (nSPS) is 5.57. The van der Waals surface area contributed by atoms with E-state index < -0.39 is 0 Å². The third kappa shape index (κ3) is 99.6. The molecule has 0 spiro atoms. The van der Waals surface area contributed by atoms with Crippen molar-refractivity contribution in [1.29, 1.82) is 5.41 Å². The van der Waals surface area contributed by atoms with Crippen LogP contribution in [0.4, 0.5) is 0 Å². The summed E-state index contributed by atoms with van der Waals surface area (Å²) < 4.78 is 0. The molecule has 0 saturated heterocycles. The molecule has 0 aliphatic carbocycles. The molecule has 2 nitrogen and oxygen atoms in total. The van der Waals surface area contributed by atoms with Crippen molar-refractivity contribution < 1.29 is 9.47 Å². The van der Waals surface area contributed by atoms with E-state index in [1.54, 1.807) is 0 Å². The molecular formula is C2H6I2N2V. The van der Waals surface area contributed by atoms with Gasteiger partial charge in [0.15, 0.2) is 0 Å². The molecule has 0 aromatic heterocycles. The first-order valence-corrected chi connectivity index (χ1v) is 10.4. The molecule has 0 radical (unpaired) electrons. The Kier molecular flexibility index (Phi) is 17.0. The molecule has 0 saturated carbocycles. The van der Waals surface area contributed by atoms with Crippen molar-refractivity contribution in [3.05, 3.63) is 0 Å². The van der Waals surface area contributed by atoms with Gasteiger partial charge in [-0.3, -0.25) is 5.41 Å². The molecule has 3 N–H and O–H groups in total. The van der Waals surface area contributed by atoms with Gasteiger partial charge in [-0.05, 0) is 6.92 Å². The average Bonchev–Trinajstić information content (AvgIpc) is 1.33. The Bertz CT molecular complexity index is 45.0. The Morgan fingerprint density at radius 3 is 1.71 bits per heavy atom. The first kappa shape index (κ1) is 11.3. The zero-order valence-electron chi connectivity index (χ0n) is 3.78. The van der Waals surface area contributed by atoms with E-state index in [-0.39, 0.29) is 5.84 Å². The van der Waals surface area contributed by atoms with E-state index >= 15 is 0 Å². The van der Waals surface area contributed by atoms with Gasteiger partial charge >= 0.3 is 49.4 Å². The molecule has 0 aliphatic heterocycles. The second-order valence-electron chi connectivity index (χ2n) is 0.747. The van der Waals surface area contributed by atoms with Crippen LogP contribution in [0.25, 0.3) is 0 Å². The minimum absolute atomic E-state index is 0.167. The van der Waals surface area contributed by atoms with Gasteiger partial charge < -0.3 is 5.73 Å². The first-order chi connectivity index (χ1) is 3.15. The molecule has 5 heteroatoms. The summed E-state index contributed by atoms with van der Waals surface area (Å²) >= 11 is 4.74. The molecule has 7 heavy (non-hydrogen) atoms. The van der Waals surface area contributed by atoms with Crippen LogP contribution in [0.15, 0.2) is 0 Å². The van der Waals surface area contributed by atoms with Crippen LogP contribution in [0, 0.1) is 5.41 Å². The van der Waals surface area contributed by atoms with Crippen LogP contribution < -0.4 is 5.73 Å². The second-order valence-corrected chi connectivity index (χ2v) is 12.5. The molecule has 43 valence electrons. The van der Waals surface area contributed by atoms with Crippen molar-refractivity contribution >= 4 is 45.8 Å². The van der Waals surface area contributed by atoms with Crippen LogP contribution in [0.3, 0.4) is 0 Å². The Hall–Kier alpha value is 1.51. The van der Waals surface area contributed by atoms with Crippen molar-refractivity contribution in [1.82, 2.24) is 0 Å². The fourth-order valence-electron chi connectivity index (χ4n) is 0. The van der Waals surface area contributed by atoms with Gasteiger partial charge in [-0.1, -0.05) is 0 Å². The van der Waals surface area contributed by atoms with E-state index in [4.69, 9.17) is 11.1 Å². The summed E-state index contributed by atoms with van der Waals surface area (Å²) in [5.74, 6) is 0.167. The maximum atomic E-state index is 6.28. The fourth-order valence-corrected chi connectivity index (χ4v) is 0. The predicted molar refractivity (Wildman–Crippen MR) is 45.6 cm³/mol. The van der Waals surface area contributed by atoms with Crippen molar-refractivity contribution in [2.45, 2.75) is 6.92 Å². The Morgan fingerprint density at radius 1 is 1.71 bits per heavy atom. The molecule has 0 unspecified atom stereocenters. The number of amidine groups is 1. The summed E-state index contributed by atoms with van der Waals surface area (Å²) in [5, 5.41) is 6.28. The zero-order chi connectivity index (χ0) is 6.28. The monoisotopic (exact) mass is 363 g/mol. The third-order valence-corrected chi connectivity index (χ3v) is 0. The van der Waals surface area contributed by atoms with Crippen molar-refractivity contribution in [3.63, 3.8) is 0 Å². The van der Waals surface area contributed by atoms with Gasteiger partial charge in [0, 0.05) is 0 Å². The van der Waals surface area contributed by atoms with Crippen molar-refractivity contribution in [2.75, 3.05) is 0 Å². The van der Waals surface area contributed by atoms with Crippen LogP contribution in [0.2, 0.25) is 0 Å². The molecule has 0 fully saturated rings. The van der Waals surface area contributed by atoms with E-state index in [9.17, 15) is 0 Å². The van der Waals surface area contributed by atoms with E-state index in [2.05, 4.69) is 40.0 Å². The molecular weight excluding hydrogens is 357 g/mol. The Labute approximate surface area is 72.3 Å². The summed E-state index contributed by atoms with van der Waals surface area (Å²) in [7, 11) is 0.628. The third-order valence-electron chi connectivity index (χ3n) is 0. The zero-order valence-corrected chi connectivity index (χ0v) is 9.49. The van der Waals surface area contributed by atoms with Crippen molar-refractivity contribution in [2.24, 2.45) is 5.73 Å². The SMILES string of the molecule is CC(=N)N.[I][V][I]. The van der Waals surface area contributed by atoms with Gasteiger partial charge in [-0.25, -0.2) is 0 Å². The first-order valence-electron chi connectivity index (χ1n) is 1.38. The van der Waals surface area contributed by atoms with Crippen LogP contribution in [0.1, 0.15) is 6.92 Å². The van der Waals surface area contributed by atoms with Gasteiger partial charge in [-0.2, -0.15) is 0 Å². The second kappa shape index (κ2) is 10.5. The molecule has 0 amide bonds. The molecule has 0 aromatic carbocycles. The van der Waals surface area contributed by atoms with Crippen LogP contribution in [-0.2, 0) is 9.47 Å². The summed E-state index contributed by atoms with van der Waals surface area (Å²) in [6.45, 7) is 1.53. The van der Waals surface area contributed by atoms with Gasteiger partial charge in [0.25, 0.3) is 0 Å². The van der Waals surface area contributed by atoms with Crippen LogP contribution >= 0.6 is 40.0 Å². The number of halogens is 2. The van der Waals surface area contributed by atoms with Gasteiger partial charge in [-0.15, -0.1) is 0 Å². The number of nitrogens with one attached hydrogen (secondary N) is 1. The number of rotatable bonds is 0. The van der Waals surface area contributed by atoms with Gasteiger partial charge in [0.05, 0.1) is 5.84 Å². The number of hydrogen-bond acceptors (Lipinski definition) is 1. The van der Waals surface area contributed by atoms with Gasteiger partial charge in [0.2, 0.25) is 0 Å². The molecule has 0 rings (SSSR count). The number of nitrogens with two attached hydrogens (primary N) is 1. The van der Waals surface area contributed by atoms with Crippen LogP contribution in [0.5, 0.6) is 0 Å². The topological polar surface area (TPSA) is 49.9 Å². The molecule has 0 bridgehead atoms. The molecule has 0 heterocycles. The molecule has 0 atom stereocenters. The Balaban J connectivity index is 0. The van der Waals surface area contributed by atoms with E-state index in [0.29, 0.717) is 9.47 Å². The maximum absolute atomic E-state index is 6.28. The van der Waals surface area contributed by atoms with Crippen molar-refractivity contribution in [3.8, 4) is 0 Å². The van der Waals surface area contributed by atoms with Gasteiger partial charge in [0.1, 0.15) is 0 Å². The summed E-state index contributed by atoms with van der Waals surface area (Å²) in [6, 6.07) is 0. The quantitative estimate of drug-likeness (QED) is 0.385. The van der Waals surface area contributed by atoms with E-state index in [1.807, 2.05) is 0 Å². The fraction of sp³-hybridized carbons (Fsp3) is 0.500. The average molecular weight is 363 g/mol.